The second-order valence-corrected chi connectivity index (χ2v) is 8.87. The van der Waals surface area contributed by atoms with Crippen molar-refractivity contribution in [1.29, 1.82) is 0 Å². The van der Waals surface area contributed by atoms with E-state index < -0.39 is 27.7 Å². The molecule has 2 amide bonds. The largest absolute Gasteiger partial charge is 0.320 e. The molecule has 0 aliphatic heterocycles. The Morgan fingerprint density at radius 2 is 1.64 bits per heavy atom. The lowest BCUT2D eigenvalue weighted by Crippen LogP contribution is -2.30. The average molecular weight is 471 g/mol. The molecule has 3 aromatic rings. The highest BCUT2D eigenvalue weighted by molar-refractivity contribution is 7.89. The lowest BCUT2D eigenvalue weighted by Gasteiger charge is -2.19. The molecule has 1 heterocycles. The smallest absolute Gasteiger partial charge is 0.274 e. The fourth-order valence-corrected chi connectivity index (χ4v) is 4.62. The molecule has 0 bridgehead atoms. The molecule has 1 aromatic heterocycles. The Morgan fingerprint density at radius 1 is 0.909 bits per heavy atom. The van der Waals surface area contributed by atoms with Crippen LogP contribution in [-0.4, -0.2) is 42.6 Å². The highest BCUT2D eigenvalue weighted by Crippen LogP contribution is 2.25. The van der Waals surface area contributed by atoms with Crippen LogP contribution in [0.4, 0.5) is 15.8 Å². The van der Waals surface area contributed by atoms with Crippen molar-refractivity contribution in [2.45, 2.75) is 18.7 Å². The van der Waals surface area contributed by atoms with Crippen molar-refractivity contribution in [3.05, 3.63) is 83.9 Å². The minimum atomic E-state index is -3.76. The van der Waals surface area contributed by atoms with Crippen LogP contribution >= 0.6 is 0 Å². The van der Waals surface area contributed by atoms with Crippen LogP contribution in [0.15, 0.2) is 71.8 Å². The molecule has 0 saturated carbocycles. The summed E-state index contributed by atoms with van der Waals surface area (Å²) in [5.41, 5.74) is 0.386. The number of pyridine rings is 1. The molecule has 0 aliphatic carbocycles. The van der Waals surface area contributed by atoms with Crippen molar-refractivity contribution >= 4 is 33.2 Å². The highest BCUT2D eigenvalue weighted by atomic mass is 32.2. The number of hydrogen-bond donors (Lipinski definition) is 2. The summed E-state index contributed by atoms with van der Waals surface area (Å²) in [4.78, 5) is 29.2. The Labute approximate surface area is 191 Å². The van der Waals surface area contributed by atoms with Crippen LogP contribution in [0.3, 0.4) is 0 Å². The van der Waals surface area contributed by atoms with Gasteiger partial charge in [0.2, 0.25) is 10.0 Å². The van der Waals surface area contributed by atoms with Crippen molar-refractivity contribution in [1.82, 2.24) is 9.29 Å². The Balaban J connectivity index is 1.86. The van der Waals surface area contributed by atoms with Crippen LogP contribution in [0.2, 0.25) is 0 Å². The Bertz CT molecular complexity index is 1260. The third kappa shape index (κ3) is 5.60. The van der Waals surface area contributed by atoms with Gasteiger partial charge in [0.15, 0.2) is 0 Å². The fourth-order valence-electron chi connectivity index (χ4n) is 3.12. The van der Waals surface area contributed by atoms with Crippen molar-refractivity contribution in [3.8, 4) is 0 Å². The van der Waals surface area contributed by atoms with Crippen molar-refractivity contribution in [2.75, 3.05) is 23.7 Å². The maximum Gasteiger partial charge on any atom is 0.274 e. The van der Waals surface area contributed by atoms with Gasteiger partial charge in [-0.25, -0.2) is 12.8 Å². The number of rotatable bonds is 8. The van der Waals surface area contributed by atoms with E-state index in [1.54, 1.807) is 26.0 Å². The summed E-state index contributed by atoms with van der Waals surface area (Å²) in [6.07, 6.45) is 1.46. The van der Waals surface area contributed by atoms with E-state index in [2.05, 4.69) is 15.6 Å². The molecule has 2 aromatic carbocycles. The van der Waals surface area contributed by atoms with Crippen LogP contribution in [0.5, 0.6) is 0 Å². The molecule has 172 valence electrons. The van der Waals surface area contributed by atoms with Crippen molar-refractivity contribution in [2.24, 2.45) is 0 Å². The SMILES string of the molecule is CCN(CC)S(=O)(=O)c1cccc(C(=O)Nc2cc(F)ccc2NC(=O)c2ccccn2)c1. The number of benzene rings is 2. The second kappa shape index (κ2) is 10.3. The number of amides is 2. The van der Waals surface area contributed by atoms with E-state index in [4.69, 9.17) is 0 Å². The average Bonchev–Trinajstić information content (AvgIpc) is 2.82. The minimum Gasteiger partial charge on any atom is -0.320 e. The van der Waals surface area contributed by atoms with E-state index >= 15 is 0 Å². The Kier molecular flexibility index (Phi) is 7.52. The maximum atomic E-state index is 13.9. The van der Waals surface area contributed by atoms with Crippen LogP contribution in [0.25, 0.3) is 0 Å². The van der Waals surface area contributed by atoms with E-state index in [0.717, 1.165) is 12.1 Å². The van der Waals surface area contributed by atoms with Gasteiger partial charge in [-0.1, -0.05) is 26.0 Å². The third-order valence-corrected chi connectivity index (χ3v) is 6.86. The predicted octanol–water partition coefficient (Wildman–Crippen LogP) is 3.76. The van der Waals surface area contributed by atoms with Gasteiger partial charge in [0, 0.05) is 24.8 Å². The lowest BCUT2D eigenvalue weighted by atomic mass is 10.2. The van der Waals surface area contributed by atoms with Crippen LogP contribution in [0, 0.1) is 5.82 Å². The Hall–Kier alpha value is -3.63. The van der Waals surface area contributed by atoms with Gasteiger partial charge >= 0.3 is 0 Å². The summed E-state index contributed by atoms with van der Waals surface area (Å²) in [7, 11) is -3.76. The molecule has 0 fully saturated rings. The number of hydrogen-bond acceptors (Lipinski definition) is 5. The van der Waals surface area contributed by atoms with Gasteiger partial charge in [0.1, 0.15) is 11.5 Å². The van der Waals surface area contributed by atoms with Gasteiger partial charge < -0.3 is 10.6 Å². The number of anilines is 2. The molecule has 0 saturated heterocycles. The van der Waals surface area contributed by atoms with E-state index in [1.807, 2.05) is 0 Å². The molecule has 8 nitrogen and oxygen atoms in total. The number of carbonyl (C=O) groups excluding carboxylic acids is 2. The lowest BCUT2D eigenvalue weighted by molar-refractivity contribution is 0.101. The monoisotopic (exact) mass is 470 g/mol. The molecular weight excluding hydrogens is 447 g/mol. The summed E-state index contributed by atoms with van der Waals surface area (Å²) < 4.78 is 40.7. The summed E-state index contributed by atoms with van der Waals surface area (Å²) in [5, 5.41) is 5.13. The summed E-state index contributed by atoms with van der Waals surface area (Å²) >= 11 is 0. The first kappa shape index (κ1) is 24.0. The molecule has 2 N–H and O–H groups in total. The molecule has 0 spiro atoms. The summed E-state index contributed by atoms with van der Waals surface area (Å²) in [6, 6.07) is 13.9. The first-order valence-corrected chi connectivity index (χ1v) is 11.6. The van der Waals surface area contributed by atoms with Gasteiger partial charge in [-0.05, 0) is 48.5 Å². The maximum absolute atomic E-state index is 13.9. The predicted molar refractivity (Wildman–Crippen MR) is 123 cm³/mol. The number of carbonyl (C=O) groups is 2. The Morgan fingerprint density at radius 3 is 2.30 bits per heavy atom. The molecule has 3 rings (SSSR count). The first-order valence-electron chi connectivity index (χ1n) is 10.2. The number of nitrogens with zero attached hydrogens (tertiary/aromatic N) is 2. The minimum absolute atomic E-state index is 0.0151. The molecular formula is C23H23FN4O4S. The number of halogens is 1. The van der Waals surface area contributed by atoms with Gasteiger partial charge in [-0.2, -0.15) is 4.31 Å². The van der Waals surface area contributed by atoms with E-state index in [9.17, 15) is 22.4 Å². The fraction of sp³-hybridized carbons (Fsp3) is 0.174. The number of nitrogens with one attached hydrogen (secondary N) is 2. The third-order valence-electron chi connectivity index (χ3n) is 4.81. The molecule has 0 radical (unpaired) electrons. The standard InChI is InChI=1S/C23H23FN4O4S/c1-3-28(4-2)33(31,32)18-9-7-8-16(14-18)22(29)27-21-15-17(24)11-12-19(21)26-23(30)20-10-5-6-13-25-20/h5-15H,3-4H2,1-2H3,(H,26,30)(H,27,29). The zero-order chi connectivity index (χ0) is 24.0. The quantitative estimate of drug-likeness (QED) is 0.521. The molecule has 0 unspecified atom stereocenters. The zero-order valence-corrected chi connectivity index (χ0v) is 18.9. The first-order chi connectivity index (χ1) is 15.8. The van der Waals surface area contributed by atoms with Gasteiger partial charge in [0.25, 0.3) is 11.8 Å². The van der Waals surface area contributed by atoms with Crippen molar-refractivity contribution < 1.29 is 22.4 Å². The highest BCUT2D eigenvalue weighted by Gasteiger charge is 2.23. The van der Waals surface area contributed by atoms with Crippen LogP contribution < -0.4 is 10.6 Å². The molecule has 33 heavy (non-hydrogen) atoms. The van der Waals surface area contributed by atoms with Crippen LogP contribution in [0.1, 0.15) is 34.7 Å². The number of aromatic nitrogens is 1. The van der Waals surface area contributed by atoms with Gasteiger partial charge in [-0.15, -0.1) is 0 Å². The molecule has 0 aliphatic rings. The van der Waals surface area contributed by atoms with Crippen LogP contribution in [-0.2, 0) is 10.0 Å². The van der Waals surface area contributed by atoms with Gasteiger partial charge in [-0.3, -0.25) is 14.6 Å². The van der Waals surface area contributed by atoms with E-state index in [0.29, 0.717) is 0 Å². The topological polar surface area (TPSA) is 108 Å². The summed E-state index contributed by atoms with van der Waals surface area (Å²) in [5.74, 6) is -1.82. The zero-order valence-electron chi connectivity index (χ0n) is 18.1. The van der Waals surface area contributed by atoms with E-state index in [1.165, 1.54) is 46.9 Å². The molecule has 10 heteroatoms. The second-order valence-electron chi connectivity index (χ2n) is 6.93. The normalized spacial score (nSPS) is 11.3. The number of sulfonamides is 1. The molecule has 0 atom stereocenters. The summed E-state index contributed by atoms with van der Waals surface area (Å²) in [6.45, 7) is 4.03. The van der Waals surface area contributed by atoms with Crippen molar-refractivity contribution in [3.63, 3.8) is 0 Å². The van der Waals surface area contributed by atoms with Gasteiger partial charge in [0.05, 0.1) is 16.3 Å². The van der Waals surface area contributed by atoms with E-state index in [-0.39, 0.29) is 40.6 Å².